The number of para-hydroxylation sites is 2. The van der Waals surface area contributed by atoms with Crippen LogP contribution in [-0.4, -0.2) is 4.40 Å². The lowest BCUT2D eigenvalue weighted by molar-refractivity contribution is 1.16. The number of hydrogen-bond donors (Lipinski definition) is 0. The van der Waals surface area contributed by atoms with Crippen LogP contribution in [0.5, 0.6) is 0 Å². The van der Waals surface area contributed by atoms with Crippen LogP contribution in [-0.2, 0) is 12.8 Å². The Morgan fingerprint density at radius 2 is 1.23 bits per heavy atom. The Morgan fingerprint density at radius 3 is 2.20 bits per heavy atom. The summed E-state index contributed by atoms with van der Waals surface area (Å²) < 4.78 is 2.48. The maximum absolute atomic E-state index is 2.48. The quantitative estimate of drug-likeness (QED) is 0.207. The fourth-order valence-electron chi connectivity index (χ4n) is 6.99. The number of pyridine rings is 1. The number of nitrogens with zero attached hydrogens (tertiary/aromatic N) is 1. The van der Waals surface area contributed by atoms with Gasteiger partial charge in [0.1, 0.15) is 0 Å². The first-order valence-electron chi connectivity index (χ1n) is 12.5. The molecule has 2 aromatic heterocycles. The first kappa shape index (κ1) is 18.0. The summed E-state index contributed by atoms with van der Waals surface area (Å²) in [6.45, 7) is 0. The fraction of sp³-hybridized carbons (Fsp3) is 0.0588. The fourth-order valence-corrected chi connectivity index (χ4v) is 6.99. The molecule has 162 valence electrons. The van der Waals surface area contributed by atoms with E-state index in [1.807, 2.05) is 0 Å². The largest absolute Gasteiger partial charge is 0.309 e. The summed E-state index contributed by atoms with van der Waals surface area (Å²) in [5.41, 5.74) is 15.6. The smallest absolute Gasteiger partial charge is 0.0553 e. The molecule has 2 aliphatic carbocycles. The average molecular weight is 444 g/mol. The van der Waals surface area contributed by atoms with Gasteiger partial charge in [-0.1, -0.05) is 84.9 Å². The van der Waals surface area contributed by atoms with Gasteiger partial charge in [-0.2, -0.15) is 0 Å². The highest BCUT2D eigenvalue weighted by Gasteiger charge is 2.30. The molecule has 0 spiro atoms. The molecule has 2 heterocycles. The minimum Gasteiger partial charge on any atom is -0.309 e. The number of aromatic nitrogens is 1. The molecule has 0 saturated carbocycles. The van der Waals surface area contributed by atoms with Crippen molar-refractivity contribution in [3.8, 4) is 22.3 Å². The van der Waals surface area contributed by atoms with E-state index >= 15 is 0 Å². The number of hydrogen-bond acceptors (Lipinski definition) is 0. The van der Waals surface area contributed by atoms with Gasteiger partial charge >= 0.3 is 0 Å². The Hall–Kier alpha value is -4.36. The van der Waals surface area contributed by atoms with Crippen molar-refractivity contribution in [2.75, 3.05) is 0 Å². The average Bonchev–Trinajstić information content (AvgIpc) is 3.59. The number of benzene rings is 5. The summed E-state index contributed by atoms with van der Waals surface area (Å²) in [4.78, 5) is 0. The molecule has 5 aromatic carbocycles. The van der Waals surface area contributed by atoms with Gasteiger partial charge in [-0.3, -0.25) is 0 Å². The second-order valence-corrected chi connectivity index (χ2v) is 10.1. The van der Waals surface area contributed by atoms with E-state index in [2.05, 4.69) is 108 Å². The third-order valence-electron chi connectivity index (χ3n) is 8.44. The van der Waals surface area contributed by atoms with Crippen LogP contribution in [0.25, 0.3) is 60.3 Å². The molecule has 7 aromatic rings. The van der Waals surface area contributed by atoms with E-state index in [-0.39, 0.29) is 0 Å². The Kier molecular flexibility index (Phi) is 3.19. The normalized spacial score (nSPS) is 13.5. The van der Waals surface area contributed by atoms with Crippen LogP contribution >= 0.6 is 0 Å². The van der Waals surface area contributed by atoms with Crippen molar-refractivity contribution in [3.05, 3.63) is 125 Å². The minimum atomic E-state index is 1.02. The summed E-state index contributed by atoms with van der Waals surface area (Å²) in [5, 5.41) is 5.37. The molecule has 0 amide bonds. The lowest BCUT2D eigenvalue weighted by atomic mass is 9.93. The Bertz CT molecular complexity index is 2050. The van der Waals surface area contributed by atoms with E-state index < -0.39 is 0 Å². The topological polar surface area (TPSA) is 4.41 Å². The molecule has 0 bridgehead atoms. The van der Waals surface area contributed by atoms with Crippen LogP contribution < -0.4 is 0 Å². The molecule has 0 fully saturated rings. The monoisotopic (exact) mass is 443 g/mol. The molecule has 1 heteroatoms. The minimum absolute atomic E-state index is 1.02. The van der Waals surface area contributed by atoms with Gasteiger partial charge in [-0.05, 0) is 80.9 Å². The predicted molar refractivity (Wildman–Crippen MR) is 146 cm³/mol. The van der Waals surface area contributed by atoms with Crippen molar-refractivity contribution in [1.82, 2.24) is 4.40 Å². The molecule has 0 radical (unpaired) electrons. The molecule has 0 aliphatic heterocycles. The van der Waals surface area contributed by atoms with E-state index in [1.54, 1.807) is 0 Å². The first-order chi connectivity index (χ1) is 17.4. The van der Waals surface area contributed by atoms with Crippen molar-refractivity contribution in [2.24, 2.45) is 0 Å². The van der Waals surface area contributed by atoms with Crippen molar-refractivity contribution in [1.29, 1.82) is 0 Å². The van der Waals surface area contributed by atoms with Crippen LogP contribution in [0.1, 0.15) is 22.3 Å². The zero-order valence-corrected chi connectivity index (χ0v) is 19.2. The van der Waals surface area contributed by atoms with Gasteiger partial charge in [-0.15, -0.1) is 0 Å². The third kappa shape index (κ3) is 2.15. The molecule has 35 heavy (non-hydrogen) atoms. The molecule has 0 unspecified atom stereocenters. The van der Waals surface area contributed by atoms with Gasteiger partial charge in [0.05, 0.1) is 16.6 Å². The summed E-state index contributed by atoms with van der Waals surface area (Å²) in [6, 6.07) is 38.5. The van der Waals surface area contributed by atoms with Crippen LogP contribution in [0.15, 0.2) is 103 Å². The van der Waals surface area contributed by atoms with E-state index in [4.69, 9.17) is 0 Å². The zero-order chi connectivity index (χ0) is 22.7. The van der Waals surface area contributed by atoms with Crippen LogP contribution in [0.2, 0.25) is 0 Å². The summed E-state index contributed by atoms with van der Waals surface area (Å²) in [5.74, 6) is 0. The van der Waals surface area contributed by atoms with Gasteiger partial charge in [-0.25, -0.2) is 0 Å². The predicted octanol–water partition coefficient (Wildman–Crippen LogP) is 8.54. The standard InChI is InChI=1S/C34H21N/c1-3-9-23-20(7-1)17-28-24(23)15-16-27-29(28)18-22-13-14-26-25-10-4-6-12-31(25)35-30-11-5-2-8-21(30)19-32(35)34(26)33(22)27/h1-16,19H,17-18H2. The maximum Gasteiger partial charge on any atom is 0.0553 e. The Labute approximate surface area is 202 Å². The summed E-state index contributed by atoms with van der Waals surface area (Å²) in [7, 11) is 0. The van der Waals surface area contributed by atoms with Crippen LogP contribution in [0.3, 0.4) is 0 Å². The highest BCUT2D eigenvalue weighted by atomic mass is 14.9. The first-order valence-corrected chi connectivity index (χ1v) is 12.5. The molecular formula is C34H21N. The van der Waals surface area contributed by atoms with Gasteiger partial charge in [0.2, 0.25) is 0 Å². The van der Waals surface area contributed by atoms with Gasteiger partial charge in [0, 0.05) is 16.2 Å². The SMILES string of the molecule is c1ccc2c(c1)Cc1c-2ccc2c1Cc1ccc3c4ccccc4n4c5ccccc5cc4c3c1-2. The highest BCUT2D eigenvalue weighted by Crippen LogP contribution is 2.50. The number of rotatable bonds is 0. The van der Waals surface area contributed by atoms with Crippen molar-refractivity contribution in [3.63, 3.8) is 0 Å². The molecule has 0 atom stereocenters. The van der Waals surface area contributed by atoms with Gasteiger partial charge < -0.3 is 4.40 Å². The second-order valence-electron chi connectivity index (χ2n) is 10.1. The zero-order valence-electron chi connectivity index (χ0n) is 19.2. The van der Waals surface area contributed by atoms with Crippen LogP contribution in [0, 0.1) is 0 Å². The summed E-state index contributed by atoms with van der Waals surface area (Å²) >= 11 is 0. The maximum atomic E-state index is 2.48. The molecule has 0 N–H and O–H groups in total. The van der Waals surface area contributed by atoms with Gasteiger partial charge in [0.15, 0.2) is 0 Å². The Balaban J connectivity index is 1.45. The second kappa shape index (κ2) is 6.20. The van der Waals surface area contributed by atoms with Crippen molar-refractivity contribution >= 4 is 38.1 Å². The van der Waals surface area contributed by atoms with Gasteiger partial charge in [0.25, 0.3) is 0 Å². The third-order valence-corrected chi connectivity index (χ3v) is 8.44. The van der Waals surface area contributed by atoms with Crippen molar-refractivity contribution < 1.29 is 0 Å². The summed E-state index contributed by atoms with van der Waals surface area (Å²) in [6.07, 6.45) is 2.07. The van der Waals surface area contributed by atoms with E-state index in [0.29, 0.717) is 0 Å². The molecule has 2 aliphatic rings. The van der Waals surface area contributed by atoms with Crippen LogP contribution in [0.4, 0.5) is 0 Å². The molecule has 1 nitrogen and oxygen atoms in total. The lowest BCUT2D eigenvalue weighted by Crippen LogP contribution is -1.93. The van der Waals surface area contributed by atoms with E-state index in [0.717, 1.165) is 12.8 Å². The number of fused-ring (bicyclic) bond motifs is 16. The Morgan fingerprint density at radius 1 is 0.486 bits per heavy atom. The molecule has 9 rings (SSSR count). The molecule has 0 saturated heterocycles. The highest BCUT2D eigenvalue weighted by molar-refractivity contribution is 6.21. The van der Waals surface area contributed by atoms with E-state index in [9.17, 15) is 0 Å². The van der Waals surface area contributed by atoms with E-state index in [1.165, 1.54) is 82.6 Å². The molecular weight excluding hydrogens is 422 g/mol. The lowest BCUT2D eigenvalue weighted by Gasteiger charge is -2.14. The van der Waals surface area contributed by atoms with Crippen molar-refractivity contribution in [2.45, 2.75) is 12.8 Å².